The van der Waals surface area contributed by atoms with Gasteiger partial charge in [0.05, 0.1) is 9.83 Å². The molecular weight excluding hydrogens is 380 g/mol. The second-order valence-electron chi connectivity index (χ2n) is 4.70. The molecular formula is C11H17BrN4O3S2. The lowest BCUT2D eigenvalue weighted by Gasteiger charge is -2.36. The highest BCUT2D eigenvalue weighted by atomic mass is 79.9. The number of oxime groups is 1. The van der Waals surface area contributed by atoms with Gasteiger partial charge in [0.1, 0.15) is 4.21 Å². The van der Waals surface area contributed by atoms with Crippen molar-refractivity contribution < 1.29 is 13.6 Å². The Kier molecular flexibility index (Phi) is 5.25. The normalized spacial score (nSPS) is 20.6. The van der Waals surface area contributed by atoms with E-state index < -0.39 is 10.0 Å². The van der Waals surface area contributed by atoms with E-state index in [1.807, 2.05) is 11.8 Å². The van der Waals surface area contributed by atoms with Gasteiger partial charge in [-0.05, 0) is 35.0 Å². The molecule has 0 radical (unpaired) electrons. The molecule has 118 valence electrons. The first-order valence-corrected chi connectivity index (χ1v) is 9.38. The molecule has 2 rings (SSSR count). The number of halogens is 1. The first-order valence-electron chi connectivity index (χ1n) is 6.33. The Morgan fingerprint density at radius 2 is 2.05 bits per heavy atom. The minimum Gasteiger partial charge on any atom is -0.409 e. The second-order valence-corrected chi connectivity index (χ2v) is 9.33. The maximum Gasteiger partial charge on any atom is 0.252 e. The number of thiophene rings is 1. The zero-order valence-electron chi connectivity index (χ0n) is 11.4. The fourth-order valence-corrected chi connectivity index (χ4v) is 5.75. The van der Waals surface area contributed by atoms with Crippen LogP contribution in [0.1, 0.15) is 6.92 Å². The van der Waals surface area contributed by atoms with Gasteiger partial charge in [0.25, 0.3) is 10.0 Å². The Morgan fingerprint density at radius 3 is 2.52 bits per heavy atom. The Morgan fingerprint density at radius 1 is 1.43 bits per heavy atom. The summed E-state index contributed by atoms with van der Waals surface area (Å²) in [5.74, 6) is 0.133. The SMILES string of the molecule is CC(C(N)=NO)N1CCN(S(=O)(=O)c2ccc(Br)s2)CC1. The Labute approximate surface area is 136 Å². The van der Waals surface area contributed by atoms with Crippen molar-refractivity contribution in [3.8, 4) is 0 Å². The molecule has 10 heteroatoms. The molecule has 7 nitrogen and oxygen atoms in total. The maximum atomic E-state index is 12.5. The van der Waals surface area contributed by atoms with E-state index in [-0.39, 0.29) is 11.9 Å². The van der Waals surface area contributed by atoms with Crippen LogP contribution in [-0.2, 0) is 10.0 Å². The predicted octanol–water partition coefficient (Wildman–Crippen LogP) is 0.952. The molecule has 0 spiro atoms. The summed E-state index contributed by atoms with van der Waals surface area (Å²) in [4.78, 5) is 1.99. The lowest BCUT2D eigenvalue weighted by molar-refractivity contribution is 0.171. The third kappa shape index (κ3) is 3.57. The van der Waals surface area contributed by atoms with Gasteiger partial charge in [0.15, 0.2) is 5.84 Å². The standard InChI is InChI=1S/C11H17BrN4O3S2/c1-8(11(13)14-17)15-4-6-16(7-5-15)21(18,19)10-3-2-9(12)20-10/h2-3,8,17H,4-7H2,1H3,(H2,13,14). The third-order valence-corrected chi connectivity index (χ3v) is 7.50. The number of amidine groups is 1. The van der Waals surface area contributed by atoms with E-state index in [0.29, 0.717) is 30.4 Å². The van der Waals surface area contributed by atoms with E-state index in [1.54, 1.807) is 12.1 Å². The van der Waals surface area contributed by atoms with Crippen LogP contribution in [0.2, 0.25) is 0 Å². The van der Waals surface area contributed by atoms with Crippen LogP contribution >= 0.6 is 27.3 Å². The van der Waals surface area contributed by atoms with Gasteiger partial charge in [0, 0.05) is 26.2 Å². The van der Waals surface area contributed by atoms with E-state index in [0.717, 1.165) is 3.79 Å². The van der Waals surface area contributed by atoms with E-state index in [9.17, 15) is 8.42 Å². The van der Waals surface area contributed by atoms with Crippen molar-refractivity contribution in [3.05, 3.63) is 15.9 Å². The van der Waals surface area contributed by atoms with Crippen LogP contribution in [-0.4, -0.2) is 60.9 Å². The van der Waals surface area contributed by atoms with Crippen molar-refractivity contribution in [1.82, 2.24) is 9.21 Å². The third-order valence-electron chi connectivity index (χ3n) is 3.51. The average Bonchev–Trinajstić information content (AvgIpc) is 2.93. The van der Waals surface area contributed by atoms with E-state index in [2.05, 4.69) is 21.1 Å². The smallest absolute Gasteiger partial charge is 0.252 e. The van der Waals surface area contributed by atoms with Crippen LogP contribution in [0.15, 0.2) is 25.3 Å². The van der Waals surface area contributed by atoms with Crippen LogP contribution in [0, 0.1) is 0 Å². The predicted molar refractivity (Wildman–Crippen MR) is 85.2 cm³/mol. The van der Waals surface area contributed by atoms with E-state index in [4.69, 9.17) is 10.9 Å². The summed E-state index contributed by atoms with van der Waals surface area (Å²) in [5, 5.41) is 11.7. The summed E-state index contributed by atoms with van der Waals surface area (Å²) >= 11 is 4.48. The number of nitrogens with two attached hydrogens (primary N) is 1. The summed E-state index contributed by atoms with van der Waals surface area (Å²) < 4.78 is 27.6. The van der Waals surface area contributed by atoms with Gasteiger partial charge in [-0.15, -0.1) is 11.3 Å². The monoisotopic (exact) mass is 396 g/mol. The first-order chi connectivity index (χ1) is 9.86. The lowest BCUT2D eigenvalue weighted by Crippen LogP contribution is -2.54. The summed E-state index contributed by atoms with van der Waals surface area (Å²) in [5.41, 5.74) is 5.58. The Balaban J connectivity index is 2.04. The molecule has 0 aliphatic carbocycles. The van der Waals surface area contributed by atoms with Gasteiger partial charge < -0.3 is 10.9 Å². The van der Waals surface area contributed by atoms with Crippen molar-refractivity contribution in [2.24, 2.45) is 10.9 Å². The van der Waals surface area contributed by atoms with Gasteiger partial charge in [-0.3, -0.25) is 4.90 Å². The summed E-state index contributed by atoms with van der Waals surface area (Å²) in [6.45, 7) is 3.70. The Bertz CT molecular complexity index is 623. The molecule has 1 saturated heterocycles. The summed E-state index contributed by atoms with van der Waals surface area (Å²) in [6, 6.07) is 3.12. The molecule has 1 aliphatic heterocycles. The highest BCUT2D eigenvalue weighted by molar-refractivity contribution is 9.11. The number of sulfonamides is 1. The molecule has 1 atom stereocenters. The molecule has 1 fully saturated rings. The minimum atomic E-state index is -3.43. The van der Waals surface area contributed by atoms with E-state index in [1.165, 1.54) is 15.6 Å². The quantitative estimate of drug-likeness (QED) is 0.341. The molecule has 1 unspecified atom stereocenters. The molecule has 0 amide bonds. The number of rotatable bonds is 4. The number of hydrogen-bond acceptors (Lipinski definition) is 6. The Hall–Kier alpha value is -0.680. The van der Waals surface area contributed by atoms with Gasteiger partial charge in [0.2, 0.25) is 0 Å². The van der Waals surface area contributed by atoms with Crippen molar-refractivity contribution in [3.63, 3.8) is 0 Å². The molecule has 1 aromatic rings. The van der Waals surface area contributed by atoms with Crippen molar-refractivity contribution in [1.29, 1.82) is 0 Å². The van der Waals surface area contributed by atoms with Crippen molar-refractivity contribution >= 4 is 43.1 Å². The minimum absolute atomic E-state index is 0.133. The van der Waals surface area contributed by atoms with Crippen LogP contribution in [0.3, 0.4) is 0 Å². The highest BCUT2D eigenvalue weighted by Gasteiger charge is 2.31. The number of piperazine rings is 1. The maximum absolute atomic E-state index is 12.5. The summed E-state index contributed by atoms with van der Waals surface area (Å²) in [6.07, 6.45) is 0. The van der Waals surface area contributed by atoms with Crippen molar-refractivity contribution in [2.45, 2.75) is 17.2 Å². The number of nitrogens with zero attached hydrogens (tertiary/aromatic N) is 3. The molecule has 0 saturated carbocycles. The average molecular weight is 397 g/mol. The fourth-order valence-electron chi connectivity index (χ4n) is 2.17. The van der Waals surface area contributed by atoms with Gasteiger partial charge >= 0.3 is 0 Å². The molecule has 1 aliphatic rings. The van der Waals surface area contributed by atoms with Crippen LogP contribution in [0.5, 0.6) is 0 Å². The second kappa shape index (κ2) is 6.61. The lowest BCUT2D eigenvalue weighted by atomic mass is 10.2. The molecule has 21 heavy (non-hydrogen) atoms. The van der Waals surface area contributed by atoms with Crippen LogP contribution in [0.4, 0.5) is 0 Å². The van der Waals surface area contributed by atoms with Gasteiger partial charge in [-0.1, -0.05) is 5.16 Å². The highest BCUT2D eigenvalue weighted by Crippen LogP contribution is 2.29. The molecule has 1 aromatic heterocycles. The van der Waals surface area contributed by atoms with Crippen LogP contribution in [0.25, 0.3) is 0 Å². The molecule has 2 heterocycles. The summed E-state index contributed by atoms with van der Waals surface area (Å²) in [7, 11) is -3.43. The van der Waals surface area contributed by atoms with Crippen molar-refractivity contribution in [2.75, 3.05) is 26.2 Å². The molecule has 0 bridgehead atoms. The number of hydrogen-bond donors (Lipinski definition) is 2. The van der Waals surface area contributed by atoms with Gasteiger partial charge in [-0.25, -0.2) is 8.42 Å². The largest absolute Gasteiger partial charge is 0.409 e. The van der Waals surface area contributed by atoms with Gasteiger partial charge in [-0.2, -0.15) is 4.31 Å². The fraction of sp³-hybridized carbons (Fsp3) is 0.545. The van der Waals surface area contributed by atoms with E-state index >= 15 is 0 Å². The molecule has 0 aromatic carbocycles. The molecule has 3 N–H and O–H groups in total. The first kappa shape index (κ1) is 16.7. The zero-order chi connectivity index (χ0) is 15.6. The topological polar surface area (TPSA) is 99.2 Å². The zero-order valence-corrected chi connectivity index (χ0v) is 14.7. The van der Waals surface area contributed by atoms with Crippen LogP contribution < -0.4 is 5.73 Å².